The highest BCUT2D eigenvalue weighted by Crippen LogP contribution is 2.36. The van der Waals surface area contributed by atoms with Crippen LogP contribution in [-0.4, -0.2) is 38.0 Å². The molecule has 0 amide bonds. The van der Waals surface area contributed by atoms with Crippen molar-refractivity contribution in [3.8, 4) is 0 Å². The van der Waals surface area contributed by atoms with E-state index in [1.54, 1.807) is 0 Å². The fourth-order valence-electron chi connectivity index (χ4n) is 1.96. The van der Waals surface area contributed by atoms with Crippen LogP contribution >= 0.6 is 0 Å². The summed E-state index contributed by atoms with van der Waals surface area (Å²) in [5.74, 6) is -1.04. The molecule has 0 aromatic carbocycles. The lowest BCUT2D eigenvalue weighted by atomic mass is 9.79. The Bertz CT molecular complexity index is 629. The Balaban J connectivity index is 2.55. The first kappa shape index (κ1) is 15.4. The molecule has 0 N–H and O–H groups in total. The Morgan fingerprint density at radius 3 is 2.15 bits per heavy atom. The molecule has 1 aromatic heterocycles. The molecule has 110 valence electrons. The third-order valence-electron chi connectivity index (χ3n) is 3.77. The van der Waals surface area contributed by atoms with E-state index in [1.807, 2.05) is 27.7 Å². The first-order chi connectivity index (χ1) is 8.96. The Morgan fingerprint density at radius 1 is 1.20 bits per heavy atom. The topological polar surface area (TPSA) is 65.5 Å². The Hall–Kier alpha value is -0.985. The van der Waals surface area contributed by atoms with Crippen LogP contribution in [0.2, 0.25) is 0 Å². The molecule has 1 saturated heterocycles. The standard InChI is InChI=1S/C12H17BFNO4S/c1-11(2)12(3,4)19-13(18-11)8-6-7-15-10(14)9(8)20(5,16)17/h6-7H,1-5H3. The minimum absolute atomic E-state index is 0.138. The van der Waals surface area contributed by atoms with Crippen molar-refractivity contribution >= 4 is 22.4 Å². The predicted molar refractivity (Wildman–Crippen MR) is 73.0 cm³/mol. The van der Waals surface area contributed by atoms with E-state index in [1.165, 1.54) is 12.3 Å². The van der Waals surface area contributed by atoms with Gasteiger partial charge in [0, 0.05) is 17.9 Å². The highest BCUT2D eigenvalue weighted by Gasteiger charge is 2.53. The molecule has 2 rings (SSSR count). The van der Waals surface area contributed by atoms with E-state index in [0.717, 1.165) is 6.26 Å². The number of hydrogen-bond donors (Lipinski definition) is 0. The van der Waals surface area contributed by atoms with Gasteiger partial charge in [0.15, 0.2) is 9.84 Å². The maximum Gasteiger partial charge on any atom is 0.496 e. The number of aromatic nitrogens is 1. The zero-order valence-electron chi connectivity index (χ0n) is 12.1. The quantitative estimate of drug-likeness (QED) is 0.600. The summed E-state index contributed by atoms with van der Waals surface area (Å²) in [6.45, 7) is 7.35. The molecule has 20 heavy (non-hydrogen) atoms. The second kappa shape index (κ2) is 4.51. The smallest absolute Gasteiger partial charge is 0.399 e. The van der Waals surface area contributed by atoms with E-state index in [9.17, 15) is 12.8 Å². The molecule has 0 bridgehead atoms. The van der Waals surface area contributed by atoms with Crippen LogP contribution in [0.5, 0.6) is 0 Å². The minimum atomic E-state index is -3.77. The summed E-state index contributed by atoms with van der Waals surface area (Å²) < 4.78 is 48.8. The number of nitrogens with zero attached hydrogens (tertiary/aromatic N) is 1. The van der Waals surface area contributed by atoms with E-state index in [2.05, 4.69) is 4.98 Å². The van der Waals surface area contributed by atoms with Crippen molar-refractivity contribution in [2.24, 2.45) is 0 Å². The molecule has 0 unspecified atom stereocenters. The first-order valence-electron chi connectivity index (χ1n) is 6.16. The molecule has 0 saturated carbocycles. The van der Waals surface area contributed by atoms with Crippen LogP contribution in [0.25, 0.3) is 0 Å². The van der Waals surface area contributed by atoms with Gasteiger partial charge in [-0.25, -0.2) is 13.4 Å². The summed E-state index contributed by atoms with van der Waals surface area (Å²) in [6, 6.07) is 1.40. The van der Waals surface area contributed by atoms with Crippen molar-refractivity contribution in [3.63, 3.8) is 0 Å². The summed E-state index contributed by atoms with van der Waals surface area (Å²) in [5.41, 5.74) is -1.13. The van der Waals surface area contributed by atoms with Crippen LogP contribution in [0.15, 0.2) is 17.2 Å². The van der Waals surface area contributed by atoms with E-state index in [4.69, 9.17) is 9.31 Å². The van der Waals surface area contributed by atoms with Crippen LogP contribution in [0.1, 0.15) is 27.7 Å². The van der Waals surface area contributed by atoms with E-state index < -0.39 is 39.0 Å². The number of halogens is 1. The van der Waals surface area contributed by atoms with E-state index in [-0.39, 0.29) is 5.46 Å². The Kier molecular flexibility index (Phi) is 3.47. The van der Waals surface area contributed by atoms with Crippen LogP contribution < -0.4 is 5.46 Å². The number of sulfone groups is 1. The van der Waals surface area contributed by atoms with Crippen LogP contribution in [0.3, 0.4) is 0 Å². The molecule has 0 atom stereocenters. The van der Waals surface area contributed by atoms with E-state index in [0.29, 0.717) is 0 Å². The fourth-order valence-corrected chi connectivity index (χ4v) is 2.91. The highest BCUT2D eigenvalue weighted by atomic mass is 32.2. The van der Waals surface area contributed by atoms with Gasteiger partial charge in [-0.1, -0.05) is 0 Å². The van der Waals surface area contributed by atoms with Crippen molar-refractivity contribution in [1.82, 2.24) is 4.98 Å². The summed E-state index contributed by atoms with van der Waals surface area (Å²) in [7, 11) is -4.72. The molecule has 1 aromatic rings. The van der Waals surface area contributed by atoms with Gasteiger partial charge in [-0.2, -0.15) is 4.39 Å². The Morgan fingerprint density at radius 2 is 1.70 bits per heavy atom. The SMILES string of the molecule is CC1(C)OB(c2ccnc(F)c2S(C)(=O)=O)OC1(C)C. The van der Waals surface area contributed by atoms with Crippen molar-refractivity contribution in [3.05, 3.63) is 18.2 Å². The van der Waals surface area contributed by atoms with Gasteiger partial charge >= 0.3 is 7.12 Å². The van der Waals surface area contributed by atoms with Crippen molar-refractivity contribution in [1.29, 1.82) is 0 Å². The second-order valence-corrected chi connectivity index (χ2v) is 7.83. The van der Waals surface area contributed by atoms with Gasteiger partial charge in [0.2, 0.25) is 5.95 Å². The number of rotatable bonds is 2. The van der Waals surface area contributed by atoms with Crippen molar-refractivity contribution in [2.75, 3.05) is 6.26 Å². The minimum Gasteiger partial charge on any atom is -0.399 e. The largest absolute Gasteiger partial charge is 0.496 e. The average Bonchev–Trinajstić information content (AvgIpc) is 2.46. The molecule has 0 radical (unpaired) electrons. The zero-order chi connectivity index (χ0) is 15.3. The molecule has 1 aliphatic rings. The second-order valence-electron chi connectivity index (χ2n) is 5.88. The summed E-state index contributed by atoms with van der Waals surface area (Å²) in [5, 5.41) is 0. The van der Waals surface area contributed by atoms with Gasteiger partial charge in [-0.3, -0.25) is 0 Å². The van der Waals surface area contributed by atoms with Gasteiger partial charge in [0.1, 0.15) is 4.90 Å². The van der Waals surface area contributed by atoms with Gasteiger partial charge in [0.25, 0.3) is 0 Å². The third-order valence-corrected chi connectivity index (χ3v) is 4.92. The van der Waals surface area contributed by atoms with Crippen LogP contribution in [-0.2, 0) is 19.1 Å². The molecule has 1 fully saturated rings. The fraction of sp³-hybridized carbons (Fsp3) is 0.583. The molecule has 0 aliphatic carbocycles. The molecule has 5 nitrogen and oxygen atoms in total. The molecule has 0 spiro atoms. The lowest BCUT2D eigenvalue weighted by Crippen LogP contribution is -2.41. The summed E-state index contributed by atoms with van der Waals surface area (Å²) in [6.07, 6.45) is 2.13. The van der Waals surface area contributed by atoms with Crippen LogP contribution in [0.4, 0.5) is 4.39 Å². The maximum atomic E-state index is 13.8. The predicted octanol–water partition coefficient (Wildman–Crippen LogP) is 0.923. The lowest BCUT2D eigenvalue weighted by molar-refractivity contribution is 0.00578. The monoisotopic (exact) mass is 301 g/mol. The zero-order valence-corrected chi connectivity index (χ0v) is 12.9. The average molecular weight is 301 g/mol. The van der Waals surface area contributed by atoms with Crippen molar-refractivity contribution < 1.29 is 22.1 Å². The summed E-state index contributed by atoms with van der Waals surface area (Å²) >= 11 is 0. The van der Waals surface area contributed by atoms with Gasteiger partial charge < -0.3 is 9.31 Å². The lowest BCUT2D eigenvalue weighted by Gasteiger charge is -2.32. The molecular formula is C12H17BFNO4S. The highest BCUT2D eigenvalue weighted by molar-refractivity contribution is 7.91. The first-order valence-corrected chi connectivity index (χ1v) is 8.05. The van der Waals surface area contributed by atoms with Crippen LogP contribution in [0, 0.1) is 5.95 Å². The molecule has 2 heterocycles. The molecule has 1 aliphatic heterocycles. The van der Waals surface area contributed by atoms with Gasteiger partial charge in [-0.05, 0) is 33.8 Å². The van der Waals surface area contributed by atoms with Crippen molar-refractivity contribution in [2.45, 2.75) is 43.8 Å². The molecule has 8 heteroatoms. The van der Waals surface area contributed by atoms with Gasteiger partial charge in [-0.15, -0.1) is 0 Å². The Labute approximate surface area is 118 Å². The number of hydrogen-bond acceptors (Lipinski definition) is 5. The maximum absolute atomic E-state index is 13.8. The molecular weight excluding hydrogens is 284 g/mol. The number of pyridine rings is 1. The normalized spacial score (nSPS) is 21.2. The third kappa shape index (κ3) is 2.47. The van der Waals surface area contributed by atoms with Gasteiger partial charge in [0.05, 0.1) is 11.2 Å². The van der Waals surface area contributed by atoms with E-state index >= 15 is 0 Å². The summed E-state index contributed by atoms with van der Waals surface area (Å²) in [4.78, 5) is 2.92.